The molecule has 0 spiro atoms. The molecule has 1 heterocycles. The van der Waals surface area contributed by atoms with Crippen molar-refractivity contribution in [2.75, 3.05) is 7.05 Å². The fraction of sp³-hybridized carbons (Fsp3) is 0.238. The van der Waals surface area contributed by atoms with E-state index < -0.39 is 11.6 Å². The van der Waals surface area contributed by atoms with Crippen LogP contribution in [0, 0.1) is 11.6 Å². The number of aromatic nitrogens is 2. The Hall–Kier alpha value is -3.22. The minimum absolute atomic E-state index is 0.00786. The SMILES string of the molecule is CCn1cc(CN(C)C(=O)c2ccccc2COc2ccc(F)cc2F)cn1. The summed E-state index contributed by atoms with van der Waals surface area (Å²) in [7, 11) is 1.71. The highest BCUT2D eigenvalue weighted by molar-refractivity contribution is 5.95. The third kappa shape index (κ3) is 4.54. The zero-order valence-corrected chi connectivity index (χ0v) is 15.7. The fourth-order valence-electron chi connectivity index (χ4n) is 2.81. The van der Waals surface area contributed by atoms with Crippen molar-refractivity contribution in [3.8, 4) is 5.75 Å². The number of rotatable bonds is 7. The number of amides is 1. The van der Waals surface area contributed by atoms with Gasteiger partial charge in [0.2, 0.25) is 0 Å². The molecule has 5 nitrogen and oxygen atoms in total. The standard InChI is InChI=1S/C21H21F2N3O2/c1-3-26-13-15(11-24-26)12-25(2)21(27)18-7-5-4-6-16(18)14-28-20-9-8-17(22)10-19(20)23/h4-11,13H,3,12,14H2,1-2H3. The van der Waals surface area contributed by atoms with Crippen LogP contribution in [0.5, 0.6) is 5.75 Å². The number of nitrogens with zero attached hydrogens (tertiary/aromatic N) is 3. The Morgan fingerprint density at radius 2 is 2.00 bits per heavy atom. The van der Waals surface area contributed by atoms with Crippen LogP contribution in [0.4, 0.5) is 8.78 Å². The molecule has 3 aromatic rings. The van der Waals surface area contributed by atoms with Crippen LogP contribution in [-0.4, -0.2) is 27.6 Å². The molecule has 0 aliphatic rings. The maximum absolute atomic E-state index is 13.8. The summed E-state index contributed by atoms with van der Waals surface area (Å²) in [6, 6.07) is 10.1. The zero-order chi connectivity index (χ0) is 20.1. The lowest BCUT2D eigenvalue weighted by Crippen LogP contribution is -2.27. The van der Waals surface area contributed by atoms with E-state index in [2.05, 4.69) is 5.10 Å². The molecule has 1 aromatic heterocycles. The van der Waals surface area contributed by atoms with Gasteiger partial charge in [0.1, 0.15) is 12.4 Å². The summed E-state index contributed by atoms with van der Waals surface area (Å²) in [5, 5.41) is 4.21. The average molecular weight is 385 g/mol. The van der Waals surface area contributed by atoms with Gasteiger partial charge in [0.25, 0.3) is 5.91 Å². The average Bonchev–Trinajstić information content (AvgIpc) is 3.14. The van der Waals surface area contributed by atoms with E-state index in [9.17, 15) is 13.6 Å². The monoisotopic (exact) mass is 385 g/mol. The molecular weight excluding hydrogens is 364 g/mol. The summed E-state index contributed by atoms with van der Waals surface area (Å²) < 4.78 is 34.0. The summed E-state index contributed by atoms with van der Waals surface area (Å²) in [4.78, 5) is 14.5. The van der Waals surface area contributed by atoms with Crippen molar-refractivity contribution < 1.29 is 18.3 Å². The molecule has 0 aliphatic carbocycles. The lowest BCUT2D eigenvalue weighted by Gasteiger charge is -2.18. The van der Waals surface area contributed by atoms with Gasteiger partial charge in [-0.25, -0.2) is 8.78 Å². The Morgan fingerprint density at radius 1 is 1.21 bits per heavy atom. The van der Waals surface area contributed by atoms with Crippen LogP contribution in [-0.2, 0) is 19.7 Å². The molecule has 7 heteroatoms. The molecule has 0 N–H and O–H groups in total. The lowest BCUT2D eigenvalue weighted by molar-refractivity contribution is 0.0782. The molecule has 0 unspecified atom stereocenters. The molecule has 0 radical (unpaired) electrons. The molecule has 0 bridgehead atoms. The summed E-state index contributed by atoms with van der Waals surface area (Å²) in [6.45, 7) is 3.16. The molecule has 3 rings (SSSR count). The first kappa shape index (κ1) is 19.5. The van der Waals surface area contributed by atoms with E-state index in [4.69, 9.17) is 4.74 Å². The van der Waals surface area contributed by atoms with E-state index in [1.165, 1.54) is 6.07 Å². The highest BCUT2D eigenvalue weighted by Gasteiger charge is 2.17. The molecule has 0 saturated heterocycles. The second-order valence-corrected chi connectivity index (χ2v) is 6.39. The summed E-state index contributed by atoms with van der Waals surface area (Å²) in [5.74, 6) is -1.70. The van der Waals surface area contributed by atoms with Crippen LogP contribution in [0.2, 0.25) is 0 Å². The largest absolute Gasteiger partial charge is 0.486 e. The van der Waals surface area contributed by atoms with Gasteiger partial charge < -0.3 is 9.64 Å². The number of hydrogen-bond donors (Lipinski definition) is 0. The number of ether oxygens (including phenoxy) is 1. The maximum Gasteiger partial charge on any atom is 0.254 e. The van der Waals surface area contributed by atoms with Gasteiger partial charge in [0.15, 0.2) is 11.6 Å². The molecule has 0 saturated carbocycles. The molecule has 0 aliphatic heterocycles. The second-order valence-electron chi connectivity index (χ2n) is 6.39. The van der Waals surface area contributed by atoms with E-state index >= 15 is 0 Å². The first-order valence-electron chi connectivity index (χ1n) is 8.90. The summed E-state index contributed by atoms with van der Waals surface area (Å²) in [6.07, 6.45) is 3.63. The lowest BCUT2D eigenvalue weighted by atomic mass is 10.1. The van der Waals surface area contributed by atoms with Crippen molar-refractivity contribution in [1.29, 1.82) is 0 Å². The highest BCUT2D eigenvalue weighted by atomic mass is 19.1. The Labute approximate surface area is 162 Å². The van der Waals surface area contributed by atoms with Crippen molar-refractivity contribution in [2.45, 2.75) is 26.6 Å². The molecule has 2 aromatic carbocycles. The van der Waals surface area contributed by atoms with Crippen LogP contribution >= 0.6 is 0 Å². The summed E-state index contributed by atoms with van der Waals surface area (Å²) in [5.41, 5.74) is 2.02. The van der Waals surface area contributed by atoms with Crippen LogP contribution in [0.25, 0.3) is 0 Å². The third-order valence-electron chi connectivity index (χ3n) is 4.30. The maximum atomic E-state index is 13.8. The van der Waals surface area contributed by atoms with Gasteiger partial charge in [-0.05, 0) is 25.1 Å². The van der Waals surface area contributed by atoms with Gasteiger partial charge in [-0.15, -0.1) is 0 Å². The van der Waals surface area contributed by atoms with Crippen molar-refractivity contribution in [3.05, 3.63) is 83.2 Å². The first-order chi connectivity index (χ1) is 13.5. The minimum atomic E-state index is -0.783. The molecule has 0 atom stereocenters. The van der Waals surface area contributed by atoms with E-state index in [1.807, 2.05) is 13.1 Å². The predicted octanol–water partition coefficient (Wildman–Crippen LogP) is 4.03. The quantitative estimate of drug-likeness (QED) is 0.617. The van der Waals surface area contributed by atoms with Crippen molar-refractivity contribution >= 4 is 5.91 Å². The van der Waals surface area contributed by atoms with Gasteiger partial charge in [0, 0.05) is 49.1 Å². The predicted molar refractivity (Wildman–Crippen MR) is 101 cm³/mol. The number of halogens is 2. The van der Waals surface area contributed by atoms with E-state index in [-0.39, 0.29) is 18.3 Å². The zero-order valence-electron chi connectivity index (χ0n) is 15.7. The molecule has 0 fully saturated rings. The fourth-order valence-corrected chi connectivity index (χ4v) is 2.81. The van der Waals surface area contributed by atoms with E-state index in [1.54, 1.807) is 47.1 Å². The smallest absolute Gasteiger partial charge is 0.254 e. The Bertz CT molecular complexity index is 972. The highest BCUT2D eigenvalue weighted by Crippen LogP contribution is 2.21. The number of hydrogen-bond acceptors (Lipinski definition) is 3. The van der Waals surface area contributed by atoms with Crippen molar-refractivity contribution in [2.24, 2.45) is 0 Å². The van der Waals surface area contributed by atoms with Gasteiger partial charge in [-0.1, -0.05) is 18.2 Å². The number of aryl methyl sites for hydroxylation is 1. The van der Waals surface area contributed by atoms with Crippen LogP contribution in [0.3, 0.4) is 0 Å². The number of carbonyl (C=O) groups excluding carboxylic acids is 1. The normalized spacial score (nSPS) is 10.7. The molecule has 146 valence electrons. The minimum Gasteiger partial charge on any atom is -0.486 e. The van der Waals surface area contributed by atoms with Crippen LogP contribution < -0.4 is 4.74 Å². The molecular formula is C21H21F2N3O2. The van der Waals surface area contributed by atoms with Gasteiger partial charge in [-0.3, -0.25) is 9.48 Å². The second kappa shape index (κ2) is 8.65. The Kier molecular flexibility index (Phi) is 6.03. The third-order valence-corrected chi connectivity index (χ3v) is 4.30. The molecule has 1 amide bonds. The summed E-state index contributed by atoms with van der Waals surface area (Å²) >= 11 is 0. The van der Waals surface area contributed by atoms with Gasteiger partial charge in [-0.2, -0.15) is 5.10 Å². The number of carbonyl (C=O) groups is 1. The van der Waals surface area contributed by atoms with E-state index in [0.717, 1.165) is 24.2 Å². The topological polar surface area (TPSA) is 47.4 Å². The van der Waals surface area contributed by atoms with Crippen LogP contribution in [0.1, 0.15) is 28.4 Å². The Balaban J connectivity index is 1.72. The van der Waals surface area contributed by atoms with Gasteiger partial charge in [0.05, 0.1) is 6.20 Å². The van der Waals surface area contributed by atoms with Crippen molar-refractivity contribution in [1.82, 2.24) is 14.7 Å². The van der Waals surface area contributed by atoms with Crippen LogP contribution in [0.15, 0.2) is 54.9 Å². The van der Waals surface area contributed by atoms with E-state index in [0.29, 0.717) is 17.7 Å². The number of benzene rings is 2. The first-order valence-corrected chi connectivity index (χ1v) is 8.90. The molecule has 28 heavy (non-hydrogen) atoms. The van der Waals surface area contributed by atoms with Gasteiger partial charge >= 0.3 is 0 Å². The Morgan fingerprint density at radius 3 is 2.71 bits per heavy atom. The van der Waals surface area contributed by atoms with Crippen molar-refractivity contribution in [3.63, 3.8) is 0 Å².